The highest BCUT2D eigenvalue weighted by Gasteiger charge is 2.14. The number of hydrazine groups is 1. The smallest absolute Gasteiger partial charge is 0.115 e. The zero-order valence-electron chi connectivity index (χ0n) is 8.13. The maximum Gasteiger partial charge on any atom is 0.115 e. The standard InChI is InChI=1S/C9H15N5/c10-14-5-3-13(4-6-14)7-9-1-2-11-8-12-9/h1-2,8H,3-7,10H2. The average Bonchev–Trinajstić information content (AvgIpc) is 2.23. The van der Waals surface area contributed by atoms with E-state index in [9.17, 15) is 0 Å². The number of aromatic nitrogens is 2. The van der Waals surface area contributed by atoms with E-state index in [0.29, 0.717) is 0 Å². The first kappa shape index (κ1) is 9.51. The van der Waals surface area contributed by atoms with Crippen LogP contribution in [0, 0.1) is 0 Å². The molecule has 1 aliphatic rings. The van der Waals surface area contributed by atoms with Crippen LogP contribution >= 0.6 is 0 Å². The number of rotatable bonds is 2. The van der Waals surface area contributed by atoms with Gasteiger partial charge in [-0.25, -0.2) is 15.0 Å². The van der Waals surface area contributed by atoms with Gasteiger partial charge >= 0.3 is 0 Å². The van der Waals surface area contributed by atoms with E-state index in [-0.39, 0.29) is 0 Å². The Morgan fingerprint density at radius 3 is 2.71 bits per heavy atom. The molecule has 0 bridgehead atoms. The molecule has 5 heteroatoms. The van der Waals surface area contributed by atoms with Gasteiger partial charge in [-0.15, -0.1) is 0 Å². The summed E-state index contributed by atoms with van der Waals surface area (Å²) in [6.45, 7) is 4.80. The first-order valence-electron chi connectivity index (χ1n) is 4.81. The van der Waals surface area contributed by atoms with Gasteiger partial charge in [0.15, 0.2) is 0 Å². The molecule has 0 aromatic carbocycles. The van der Waals surface area contributed by atoms with E-state index >= 15 is 0 Å². The maximum absolute atomic E-state index is 5.67. The van der Waals surface area contributed by atoms with Crippen LogP contribution in [0.4, 0.5) is 0 Å². The third-order valence-electron chi connectivity index (χ3n) is 2.44. The summed E-state index contributed by atoms with van der Waals surface area (Å²) < 4.78 is 0. The molecule has 0 atom stereocenters. The molecule has 1 saturated heterocycles. The van der Waals surface area contributed by atoms with E-state index in [1.807, 2.05) is 11.1 Å². The van der Waals surface area contributed by atoms with Gasteiger partial charge in [0.25, 0.3) is 0 Å². The van der Waals surface area contributed by atoms with Gasteiger partial charge in [0.05, 0.1) is 5.69 Å². The second kappa shape index (κ2) is 4.45. The maximum atomic E-state index is 5.67. The number of piperazine rings is 1. The highest BCUT2D eigenvalue weighted by Crippen LogP contribution is 2.03. The van der Waals surface area contributed by atoms with Crippen molar-refractivity contribution in [3.63, 3.8) is 0 Å². The summed E-state index contributed by atoms with van der Waals surface area (Å²) in [5.74, 6) is 5.67. The van der Waals surface area contributed by atoms with Gasteiger partial charge in [0.1, 0.15) is 6.33 Å². The lowest BCUT2D eigenvalue weighted by Gasteiger charge is -2.31. The minimum Gasteiger partial charge on any atom is -0.295 e. The molecule has 2 rings (SSSR count). The molecule has 2 heterocycles. The molecule has 2 N–H and O–H groups in total. The molecule has 0 saturated carbocycles. The lowest BCUT2D eigenvalue weighted by molar-refractivity contribution is 0.127. The van der Waals surface area contributed by atoms with Gasteiger partial charge in [0.2, 0.25) is 0 Å². The van der Waals surface area contributed by atoms with Crippen molar-refractivity contribution in [2.24, 2.45) is 5.84 Å². The Labute approximate surface area is 83.5 Å². The normalized spacial score (nSPS) is 19.8. The van der Waals surface area contributed by atoms with Crippen LogP contribution in [-0.2, 0) is 6.54 Å². The Morgan fingerprint density at radius 2 is 2.07 bits per heavy atom. The van der Waals surface area contributed by atoms with Crippen molar-refractivity contribution in [3.05, 3.63) is 24.3 Å². The van der Waals surface area contributed by atoms with E-state index < -0.39 is 0 Å². The zero-order chi connectivity index (χ0) is 9.80. The third-order valence-corrected chi connectivity index (χ3v) is 2.44. The van der Waals surface area contributed by atoms with E-state index in [4.69, 9.17) is 5.84 Å². The van der Waals surface area contributed by atoms with Crippen molar-refractivity contribution in [2.75, 3.05) is 26.2 Å². The summed E-state index contributed by atoms with van der Waals surface area (Å²) in [6, 6.07) is 1.95. The van der Waals surface area contributed by atoms with E-state index in [2.05, 4.69) is 14.9 Å². The quantitative estimate of drug-likeness (QED) is 0.640. The van der Waals surface area contributed by atoms with Crippen molar-refractivity contribution >= 4 is 0 Å². The second-order valence-corrected chi connectivity index (χ2v) is 3.51. The van der Waals surface area contributed by atoms with Crippen molar-refractivity contribution in [2.45, 2.75) is 6.54 Å². The molecule has 1 aromatic heterocycles. The predicted octanol–water partition coefficient (Wildman–Crippen LogP) is -0.532. The molecule has 14 heavy (non-hydrogen) atoms. The fourth-order valence-electron chi connectivity index (χ4n) is 1.56. The van der Waals surface area contributed by atoms with Crippen LogP contribution in [0.5, 0.6) is 0 Å². The Morgan fingerprint density at radius 1 is 1.29 bits per heavy atom. The van der Waals surface area contributed by atoms with Crippen LogP contribution < -0.4 is 5.84 Å². The summed E-state index contributed by atoms with van der Waals surface area (Å²) >= 11 is 0. The van der Waals surface area contributed by atoms with Crippen molar-refractivity contribution < 1.29 is 0 Å². The Kier molecular flexibility index (Phi) is 3.03. The lowest BCUT2D eigenvalue weighted by atomic mass is 10.3. The molecule has 0 unspecified atom stereocenters. The monoisotopic (exact) mass is 193 g/mol. The average molecular weight is 193 g/mol. The molecule has 0 spiro atoms. The Balaban J connectivity index is 1.87. The van der Waals surface area contributed by atoms with Gasteiger partial charge < -0.3 is 0 Å². The van der Waals surface area contributed by atoms with Crippen LogP contribution in [0.3, 0.4) is 0 Å². The first-order valence-corrected chi connectivity index (χ1v) is 4.81. The topological polar surface area (TPSA) is 58.3 Å². The largest absolute Gasteiger partial charge is 0.295 e. The van der Waals surface area contributed by atoms with Gasteiger partial charge in [-0.1, -0.05) is 0 Å². The van der Waals surface area contributed by atoms with E-state index in [0.717, 1.165) is 38.4 Å². The fraction of sp³-hybridized carbons (Fsp3) is 0.556. The molecule has 1 aliphatic heterocycles. The van der Waals surface area contributed by atoms with E-state index in [1.54, 1.807) is 12.5 Å². The molecule has 0 amide bonds. The first-order chi connectivity index (χ1) is 6.84. The summed E-state index contributed by atoms with van der Waals surface area (Å²) in [5, 5.41) is 1.86. The van der Waals surface area contributed by atoms with Crippen LogP contribution in [0.25, 0.3) is 0 Å². The van der Waals surface area contributed by atoms with Crippen LogP contribution in [-0.4, -0.2) is 46.1 Å². The number of nitrogens with zero attached hydrogens (tertiary/aromatic N) is 4. The fourth-order valence-corrected chi connectivity index (χ4v) is 1.56. The molecule has 0 aliphatic carbocycles. The van der Waals surface area contributed by atoms with Crippen LogP contribution in [0.2, 0.25) is 0 Å². The van der Waals surface area contributed by atoms with Crippen LogP contribution in [0.15, 0.2) is 18.6 Å². The molecule has 76 valence electrons. The van der Waals surface area contributed by atoms with Crippen molar-refractivity contribution in [1.82, 2.24) is 19.9 Å². The molecule has 5 nitrogen and oxygen atoms in total. The highest BCUT2D eigenvalue weighted by atomic mass is 15.4. The lowest BCUT2D eigenvalue weighted by Crippen LogP contribution is -2.48. The van der Waals surface area contributed by atoms with Crippen LogP contribution in [0.1, 0.15) is 5.69 Å². The summed E-state index contributed by atoms with van der Waals surface area (Å²) in [4.78, 5) is 10.4. The molecule has 0 radical (unpaired) electrons. The number of nitrogens with two attached hydrogens (primary N) is 1. The number of hydrogen-bond donors (Lipinski definition) is 1. The minimum absolute atomic E-state index is 0.899. The predicted molar refractivity (Wildman–Crippen MR) is 53.1 cm³/mol. The SMILES string of the molecule is NN1CCN(Cc2ccncn2)CC1. The molecule has 1 fully saturated rings. The Bertz CT molecular complexity index is 268. The molecule has 1 aromatic rings. The summed E-state index contributed by atoms with van der Waals surface area (Å²) in [5.41, 5.74) is 1.07. The van der Waals surface area contributed by atoms with Gasteiger partial charge in [-0.2, -0.15) is 0 Å². The number of hydrogen-bond acceptors (Lipinski definition) is 5. The van der Waals surface area contributed by atoms with Gasteiger partial charge in [0, 0.05) is 38.9 Å². The third kappa shape index (κ3) is 2.47. The molecular formula is C9H15N5. The van der Waals surface area contributed by atoms with E-state index in [1.165, 1.54) is 0 Å². The minimum atomic E-state index is 0.899. The van der Waals surface area contributed by atoms with Crippen molar-refractivity contribution in [3.8, 4) is 0 Å². The summed E-state index contributed by atoms with van der Waals surface area (Å²) in [6.07, 6.45) is 3.37. The second-order valence-electron chi connectivity index (χ2n) is 3.51. The zero-order valence-corrected chi connectivity index (χ0v) is 8.13. The highest BCUT2D eigenvalue weighted by molar-refractivity contribution is 4.97. The summed E-state index contributed by atoms with van der Waals surface area (Å²) in [7, 11) is 0. The van der Waals surface area contributed by atoms with Crippen molar-refractivity contribution in [1.29, 1.82) is 0 Å². The van der Waals surface area contributed by atoms with Gasteiger partial charge in [-0.3, -0.25) is 10.7 Å². The Hall–Kier alpha value is -1.04. The van der Waals surface area contributed by atoms with Gasteiger partial charge in [-0.05, 0) is 6.07 Å². The molecular weight excluding hydrogens is 178 g/mol.